The van der Waals surface area contributed by atoms with Crippen LogP contribution in [0.4, 0.5) is 4.39 Å². The van der Waals surface area contributed by atoms with Crippen LogP contribution in [0.5, 0.6) is 0 Å². The number of carbonyl (C=O) groups is 1. The van der Waals surface area contributed by atoms with Crippen LogP contribution in [-0.2, 0) is 4.79 Å². The largest absolute Gasteiger partial charge is 0.303 e. The van der Waals surface area contributed by atoms with E-state index in [2.05, 4.69) is 28.7 Å². The van der Waals surface area contributed by atoms with E-state index >= 15 is 0 Å². The highest BCUT2D eigenvalue weighted by molar-refractivity contribution is 14.1. The fourth-order valence-corrected chi connectivity index (χ4v) is 4.22. The molecular weight excluding hydrogens is 330 g/mol. The van der Waals surface area contributed by atoms with Crippen molar-refractivity contribution in [1.29, 1.82) is 0 Å². The molecule has 0 bridgehead atoms. The lowest BCUT2D eigenvalue weighted by Crippen LogP contribution is -2.39. The maximum Gasteiger partial charge on any atom is 0.127 e. The first-order valence-electron chi connectivity index (χ1n) is 6.25. The van der Waals surface area contributed by atoms with E-state index in [9.17, 15) is 9.18 Å². The van der Waals surface area contributed by atoms with Gasteiger partial charge in [0.25, 0.3) is 0 Å². The molecule has 0 aromatic rings. The third-order valence-electron chi connectivity index (χ3n) is 3.85. The van der Waals surface area contributed by atoms with Gasteiger partial charge in [0.05, 0.1) is 3.42 Å². The average Bonchev–Trinajstić information content (AvgIpc) is 2.32. The predicted molar refractivity (Wildman–Crippen MR) is 76.1 cm³/mol. The average molecular weight is 348 g/mol. The molecule has 0 amide bonds. The van der Waals surface area contributed by atoms with Crippen LogP contribution in [0.15, 0.2) is 23.3 Å². The number of carbonyl (C=O) groups excluding carboxylic acids is 1. The highest BCUT2D eigenvalue weighted by Crippen LogP contribution is 2.47. The molecule has 0 saturated heterocycles. The molecule has 0 spiro atoms. The van der Waals surface area contributed by atoms with Crippen LogP contribution in [0.1, 0.15) is 39.0 Å². The number of hydrogen-bond acceptors (Lipinski definition) is 1. The number of rotatable bonds is 2. The Balaban J connectivity index is 2.25. The summed E-state index contributed by atoms with van der Waals surface area (Å²) in [6.07, 6.45) is 8.71. The van der Waals surface area contributed by atoms with Crippen molar-refractivity contribution in [3.63, 3.8) is 0 Å². The third-order valence-corrected chi connectivity index (χ3v) is 5.65. The summed E-state index contributed by atoms with van der Waals surface area (Å²) in [6, 6.07) is 0. The van der Waals surface area contributed by atoms with Gasteiger partial charge < -0.3 is 4.79 Å². The van der Waals surface area contributed by atoms with Gasteiger partial charge in [-0.3, -0.25) is 0 Å². The monoisotopic (exact) mass is 348 g/mol. The lowest BCUT2D eigenvalue weighted by molar-refractivity contribution is -0.109. The Morgan fingerprint density at radius 1 is 1.53 bits per heavy atom. The van der Waals surface area contributed by atoms with Gasteiger partial charge in [0.1, 0.15) is 12.5 Å². The van der Waals surface area contributed by atoms with Gasteiger partial charge in [-0.25, -0.2) is 4.39 Å². The molecule has 3 unspecified atom stereocenters. The van der Waals surface area contributed by atoms with Crippen molar-refractivity contribution in [3.05, 3.63) is 23.3 Å². The minimum absolute atomic E-state index is 0.0135. The molecule has 0 N–H and O–H groups in total. The Morgan fingerprint density at radius 2 is 2.29 bits per heavy atom. The topological polar surface area (TPSA) is 17.1 Å². The second-order valence-corrected chi connectivity index (χ2v) is 7.00. The SMILES string of the molecule is CC1=CC(C=O)CC=C1C1(I)CCCCC1F. The molecule has 3 heteroatoms. The van der Waals surface area contributed by atoms with Gasteiger partial charge in [0.2, 0.25) is 0 Å². The first kappa shape index (κ1) is 13.2. The van der Waals surface area contributed by atoms with Gasteiger partial charge in [-0.15, -0.1) is 0 Å². The summed E-state index contributed by atoms with van der Waals surface area (Å²) in [5, 5.41) is 0. The molecule has 2 aliphatic rings. The van der Waals surface area contributed by atoms with E-state index in [1.54, 1.807) is 0 Å². The Kier molecular flexibility index (Phi) is 4.06. The lowest BCUT2D eigenvalue weighted by atomic mass is 9.76. The summed E-state index contributed by atoms with van der Waals surface area (Å²) in [4.78, 5) is 10.8. The van der Waals surface area contributed by atoms with Crippen molar-refractivity contribution in [2.75, 3.05) is 0 Å². The molecule has 0 heterocycles. The Bertz CT molecular complexity index is 374. The van der Waals surface area contributed by atoms with Crippen LogP contribution in [0.2, 0.25) is 0 Å². The normalized spacial score (nSPS) is 38.3. The fraction of sp³-hybridized carbons (Fsp3) is 0.643. The number of halogens is 2. The van der Waals surface area contributed by atoms with E-state index in [0.717, 1.165) is 43.1 Å². The molecule has 17 heavy (non-hydrogen) atoms. The molecular formula is C14H18FIO. The molecule has 1 nitrogen and oxygen atoms in total. The summed E-state index contributed by atoms with van der Waals surface area (Å²) in [5.74, 6) is -0.0135. The van der Waals surface area contributed by atoms with Crippen LogP contribution in [0, 0.1) is 5.92 Å². The van der Waals surface area contributed by atoms with E-state index in [4.69, 9.17) is 0 Å². The molecule has 0 aromatic heterocycles. The molecule has 2 rings (SSSR count). The maximum atomic E-state index is 14.2. The Labute approximate surface area is 116 Å². The van der Waals surface area contributed by atoms with E-state index in [0.29, 0.717) is 6.42 Å². The summed E-state index contributed by atoms with van der Waals surface area (Å²) < 4.78 is 13.9. The first-order valence-corrected chi connectivity index (χ1v) is 7.33. The molecule has 2 aliphatic carbocycles. The fourth-order valence-electron chi connectivity index (χ4n) is 2.88. The molecule has 3 atom stereocenters. The molecule has 0 aliphatic heterocycles. The van der Waals surface area contributed by atoms with Crippen molar-refractivity contribution in [3.8, 4) is 0 Å². The quantitative estimate of drug-likeness (QED) is 0.416. The number of aldehydes is 1. The van der Waals surface area contributed by atoms with Gasteiger partial charge in [0.15, 0.2) is 0 Å². The van der Waals surface area contributed by atoms with E-state index in [1.165, 1.54) is 0 Å². The first-order chi connectivity index (χ1) is 8.08. The molecule has 1 fully saturated rings. The van der Waals surface area contributed by atoms with Crippen molar-refractivity contribution >= 4 is 28.9 Å². The zero-order valence-corrected chi connectivity index (χ0v) is 12.2. The maximum absolute atomic E-state index is 14.2. The second-order valence-electron chi connectivity index (χ2n) is 5.08. The number of hydrogen-bond donors (Lipinski definition) is 0. The highest BCUT2D eigenvalue weighted by atomic mass is 127. The third kappa shape index (κ3) is 2.49. The summed E-state index contributed by atoms with van der Waals surface area (Å²) in [7, 11) is 0. The van der Waals surface area contributed by atoms with Gasteiger partial charge in [-0.1, -0.05) is 53.2 Å². The van der Waals surface area contributed by atoms with Crippen LogP contribution in [-0.4, -0.2) is 15.9 Å². The van der Waals surface area contributed by atoms with E-state index in [-0.39, 0.29) is 9.34 Å². The van der Waals surface area contributed by atoms with Crippen molar-refractivity contribution in [2.45, 2.75) is 48.6 Å². The van der Waals surface area contributed by atoms with Gasteiger partial charge in [-0.05, 0) is 31.8 Å². The Morgan fingerprint density at radius 3 is 2.88 bits per heavy atom. The summed E-state index contributed by atoms with van der Waals surface area (Å²) in [5.41, 5.74) is 2.22. The van der Waals surface area contributed by atoms with Gasteiger partial charge in [-0.2, -0.15) is 0 Å². The van der Waals surface area contributed by atoms with E-state index in [1.807, 2.05) is 13.0 Å². The lowest BCUT2D eigenvalue weighted by Gasteiger charge is -2.39. The molecule has 94 valence electrons. The molecule has 1 saturated carbocycles. The van der Waals surface area contributed by atoms with Crippen LogP contribution in [0.25, 0.3) is 0 Å². The minimum Gasteiger partial charge on any atom is -0.303 e. The summed E-state index contributed by atoms with van der Waals surface area (Å²) >= 11 is 2.30. The molecule has 0 aromatic carbocycles. The zero-order valence-electron chi connectivity index (χ0n) is 10.1. The van der Waals surface area contributed by atoms with Crippen LogP contribution in [0.3, 0.4) is 0 Å². The van der Waals surface area contributed by atoms with Crippen LogP contribution < -0.4 is 0 Å². The highest BCUT2D eigenvalue weighted by Gasteiger charge is 2.42. The summed E-state index contributed by atoms with van der Waals surface area (Å²) in [6.45, 7) is 2.00. The smallest absolute Gasteiger partial charge is 0.127 e. The molecule has 0 radical (unpaired) electrons. The van der Waals surface area contributed by atoms with Crippen molar-refractivity contribution in [1.82, 2.24) is 0 Å². The van der Waals surface area contributed by atoms with Crippen molar-refractivity contribution in [2.24, 2.45) is 5.92 Å². The Hall–Kier alpha value is -0.190. The van der Waals surface area contributed by atoms with Crippen molar-refractivity contribution < 1.29 is 9.18 Å². The minimum atomic E-state index is -0.751. The van der Waals surface area contributed by atoms with Gasteiger partial charge in [0, 0.05) is 5.92 Å². The standard InChI is InChI=1S/C14H18FIO/c1-10-8-11(9-17)5-6-12(10)14(16)7-3-2-4-13(14)15/h6,8-9,11,13H,2-5,7H2,1H3. The zero-order chi connectivity index (χ0) is 12.5. The van der Waals surface area contributed by atoms with Gasteiger partial charge >= 0.3 is 0 Å². The van der Waals surface area contributed by atoms with E-state index < -0.39 is 6.17 Å². The number of allylic oxidation sites excluding steroid dienone is 4. The number of alkyl halides is 2. The predicted octanol–water partition coefficient (Wildman–Crippen LogP) is 4.16. The van der Waals surface area contributed by atoms with Crippen LogP contribution >= 0.6 is 22.6 Å². The second kappa shape index (κ2) is 5.21.